The van der Waals surface area contributed by atoms with Crippen molar-refractivity contribution in [3.05, 3.63) is 48.3 Å². The van der Waals surface area contributed by atoms with Crippen molar-refractivity contribution in [2.45, 2.75) is 31.6 Å². The second-order valence-electron chi connectivity index (χ2n) is 6.46. The quantitative estimate of drug-likeness (QED) is 0.798. The summed E-state index contributed by atoms with van der Waals surface area (Å²) in [6.07, 6.45) is 6.34. The summed E-state index contributed by atoms with van der Waals surface area (Å²) >= 11 is 0. The Balaban J connectivity index is 1.79. The van der Waals surface area contributed by atoms with Crippen molar-refractivity contribution in [1.29, 1.82) is 5.26 Å². The van der Waals surface area contributed by atoms with Gasteiger partial charge in [-0.1, -0.05) is 12.1 Å². The predicted octanol–water partition coefficient (Wildman–Crippen LogP) is 3.32. The van der Waals surface area contributed by atoms with Gasteiger partial charge in [0.1, 0.15) is 5.82 Å². The molecule has 0 atom stereocenters. The third kappa shape index (κ3) is 2.54. The average molecular weight is 331 g/mol. The van der Waals surface area contributed by atoms with Crippen molar-refractivity contribution in [3.8, 4) is 11.8 Å². The molecule has 3 aromatic rings. The number of nitrogens with one attached hydrogen (secondary N) is 1. The van der Waals surface area contributed by atoms with Gasteiger partial charge < -0.3 is 5.32 Å². The summed E-state index contributed by atoms with van der Waals surface area (Å²) in [4.78, 5) is 15.5. The molecule has 0 saturated heterocycles. The first-order chi connectivity index (χ1) is 12.1. The van der Waals surface area contributed by atoms with Crippen molar-refractivity contribution >= 4 is 22.6 Å². The minimum absolute atomic E-state index is 0.166. The van der Waals surface area contributed by atoms with E-state index >= 15 is 0 Å². The molecule has 2 heterocycles. The molecule has 25 heavy (non-hydrogen) atoms. The molecule has 1 saturated carbocycles. The molecule has 0 radical (unpaired) electrons. The molecule has 1 fully saturated rings. The van der Waals surface area contributed by atoms with Crippen LogP contribution in [0.2, 0.25) is 0 Å². The van der Waals surface area contributed by atoms with E-state index in [-0.39, 0.29) is 11.3 Å². The molecular weight excluding hydrogens is 314 g/mol. The van der Waals surface area contributed by atoms with Crippen LogP contribution >= 0.6 is 0 Å². The van der Waals surface area contributed by atoms with Crippen molar-refractivity contribution in [2.24, 2.45) is 0 Å². The van der Waals surface area contributed by atoms with Crippen LogP contribution in [0.15, 0.2) is 42.7 Å². The number of hydrogen-bond acceptors (Lipinski definition) is 4. The number of carbonyl (C=O) groups is 1. The van der Waals surface area contributed by atoms with Crippen molar-refractivity contribution in [1.82, 2.24) is 14.8 Å². The number of anilines is 1. The molecule has 0 bridgehead atoms. The van der Waals surface area contributed by atoms with E-state index in [4.69, 9.17) is 0 Å². The lowest BCUT2D eigenvalue weighted by Crippen LogP contribution is -2.32. The summed E-state index contributed by atoms with van der Waals surface area (Å²) in [7, 11) is 0. The molecule has 1 aliphatic carbocycles. The monoisotopic (exact) mass is 331 g/mol. The number of hydrogen-bond donors (Lipinski definition) is 1. The Morgan fingerprint density at radius 2 is 2.16 bits per heavy atom. The Bertz CT molecular complexity index is 1010. The van der Waals surface area contributed by atoms with Gasteiger partial charge in [-0.05, 0) is 37.0 Å². The van der Waals surface area contributed by atoms with Crippen molar-refractivity contribution in [2.75, 3.05) is 5.32 Å². The lowest BCUT2D eigenvalue weighted by atomic mass is 9.65. The number of carbonyl (C=O) groups excluding carboxylic acids is 1. The van der Waals surface area contributed by atoms with E-state index in [0.717, 1.165) is 41.4 Å². The van der Waals surface area contributed by atoms with Gasteiger partial charge >= 0.3 is 0 Å². The second kappa shape index (κ2) is 5.71. The third-order valence-electron chi connectivity index (χ3n) is 4.82. The highest BCUT2D eigenvalue weighted by molar-refractivity contribution is 5.90. The zero-order chi connectivity index (χ0) is 17.4. The van der Waals surface area contributed by atoms with Gasteiger partial charge in [0.15, 0.2) is 0 Å². The molecule has 6 nitrogen and oxygen atoms in total. The summed E-state index contributed by atoms with van der Waals surface area (Å²) in [5.41, 5.74) is 2.44. The van der Waals surface area contributed by atoms with Crippen LogP contribution in [-0.4, -0.2) is 20.7 Å². The Kier molecular flexibility index (Phi) is 3.50. The molecular formula is C19H17N5O. The number of pyridine rings is 1. The largest absolute Gasteiger partial charge is 0.311 e. The fourth-order valence-electron chi connectivity index (χ4n) is 3.31. The molecule has 1 amide bonds. The van der Waals surface area contributed by atoms with E-state index in [0.29, 0.717) is 5.82 Å². The van der Waals surface area contributed by atoms with E-state index in [9.17, 15) is 10.1 Å². The minimum Gasteiger partial charge on any atom is -0.311 e. The van der Waals surface area contributed by atoms with E-state index in [1.807, 2.05) is 28.9 Å². The highest BCUT2D eigenvalue weighted by Gasteiger charge is 2.39. The Hall–Kier alpha value is -3.20. The first kappa shape index (κ1) is 15.3. The first-order valence-electron chi connectivity index (χ1n) is 8.25. The maximum Gasteiger partial charge on any atom is 0.222 e. The fourth-order valence-corrected chi connectivity index (χ4v) is 3.31. The summed E-state index contributed by atoms with van der Waals surface area (Å²) < 4.78 is 1.82. The van der Waals surface area contributed by atoms with Crippen LogP contribution in [0.5, 0.6) is 0 Å². The summed E-state index contributed by atoms with van der Waals surface area (Å²) in [6, 6.07) is 12.3. The minimum atomic E-state index is -0.359. The number of nitrogens with zero attached hydrogens (tertiary/aromatic N) is 4. The molecule has 6 heteroatoms. The first-order valence-corrected chi connectivity index (χ1v) is 8.25. The van der Waals surface area contributed by atoms with Crippen molar-refractivity contribution in [3.63, 3.8) is 0 Å². The van der Waals surface area contributed by atoms with Gasteiger partial charge in [-0.25, -0.2) is 9.67 Å². The molecule has 4 rings (SSSR count). The molecule has 0 spiro atoms. The van der Waals surface area contributed by atoms with E-state index in [1.54, 1.807) is 18.5 Å². The van der Waals surface area contributed by atoms with Gasteiger partial charge in [0, 0.05) is 24.6 Å². The number of amides is 1. The highest BCUT2D eigenvalue weighted by Crippen LogP contribution is 2.43. The number of benzene rings is 1. The lowest BCUT2D eigenvalue weighted by molar-refractivity contribution is -0.114. The molecule has 2 aromatic heterocycles. The van der Waals surface area contributed by atoms with Gasteiger partial charge in [0.25, 0.3) is 0 Å². The lowest BCUT2D eigenvalue weighted by Gasteiger charge is -2.35. The zero-order valence-electron chi connectivity index (χ0n) is 13.9. The molecule has 0 unspecified atom stereocenters. The van der Waals surface area contributed by atoms with Crippen LogP contribution in [0.3, 0.4) is 0 Å². The molecule has 1 N–H and O–H groups in total. The normalized spacial score (nSPS) is 15.4. The van der Waals surface area contributed by atoms with Crippen LogP contribution in [-0.2, 0) is 10.2 Å². The maximum absolute atomic E-state index is 11.3. The van der Waals surface area contributed by atoms with Gasteiger partial charge in [0.2, 0.25) is 5.91 Å². The summed E-state index contributed by atoms with van der Waals surface area (Å²) in [5.74, 6) is 0.325. The van der Waals surface area contributed by atoms with Gasteiger partial charge in [0.05, 0.1) is 28.9 Å². The molecule has 0 aliphatic heterocycles. The third-order valence-corrected chi connectivity index (χ3v) is 4.82. The SMILES string of the molecule is CC(=O)Nc1cc2c(cn1)cnn2-c1cccc(C2(C#N)CCC2)c1. The van der Waals surface area contributed by atoms with E-state index in [2.05, 4.69) is 21.5 Å². The summed E-state index contributed by atoms with van der Waals surface area (Å²) in [6.45, 7) is 1.45. The molecule has 1 aliphatic rings. The van der Waals surface area contributed by atoms with Crippen LogP contribution in [0.25, 0.3) is 16.6 Å². The van der Waals surface area contributed by atoms with Crippen LogP contribution in [0.1, 0.15) is 31.7 Å². The predicted molar refractivity (Wildman–Crippen MR) is 94.3 cm³/mol. The van der Waals surface area contributed by atoms with Crippen LogP contribution in [0.4, 0.5) is 5.82 Å². The van der Waals surface area contributed by atoms with Crippen LogP contribution < -0.4 is 5.32 Å². The number of aromatic nitrogens is 3. The maximum atomic E-state index is 11.3. The fraction of sp³-hybridized carbons (Fsp3) is 0.263. The highest BCUT2D eigenvalue weighted by atomic mass is 16.1. The Morgan fingerprint density at radius 3 is 2.84 bits per heavy atom. The standard InChI is InChI=1S/C19H17N5O/c1-13(25)23-18-9-17-14(10-21-18)11-22-24(17)16-5-2-4-15(8-16)19(12-20)6-3-7-19/h2,4-5,8-11H,3,6-7H2,1H3,(H,21,23,25). The number of fused-ring (bicyclic) bond motifs is 1. The zero-order valence-corrected chi connectivity index (χ0v) is 13.9. The second-order valence-corrected chi connectivity index (χ2v) is 6.46. The number of nitriles is 1. The number of rotatable bonds is 3. The Morgan fingerprint density at radius 1 is 1.32 bits per heavy atom. The van der Waals surface area contributed by atoms with Gasteiger partial charge in [-0.15, -0.1) is 0 Å². The summed E-state index contributed by atoms with van der Waals surface area (Å²) in [5, 5.41) is 17.6. The van der Waals surface area contributed by atoms with Crippen LogP contribution in [0, 0.1) is 11.3 Å². The molecule has 124 valence electrons. The smallest absolute Gasteiger partial charge is 0.222 e. The van der Waals surface area contributed by atoms with E-state index in [1.165, 1.54) is 6.92 Å². The average Bonchev–Trinajstić information content (AvgIpc) is 2.97. The van der Waals surface area contributed by atoms with Crippen molar-refractivity contribution < 1.29 is 4.79 Å². The van der Waals surface area contributed by atoms with Gasteiger partial charge in [-0.3, -0.25) is 4.79 Å². The van der Waals surface area contributed by atoms with Gasteiger partial charge in [-0.2, -0.15) is 10.4 Å². The Labute approximate surface area is 145 Å². The topological polar surface area (TPSA) is 83.6 Å². The van der Waals surface area contributed by atoms with E-state index < -0.39 is 0 Å². The molecule has 1 aromatic carbocycles.